The van der Waals surface area contributed by atoms with Gasteiger partial charge in [0, 0.05) is 32.7 Å². The van der Waals surface area contributed by atoms with Crippen LogP contribution in [0.4, 0.5) is 0 Å². The zero-order chi connectivity index (χ0) is 17.4. The number of benzene rings is 1. The third kappa shape index (κ3) is 5.62. The summed E-state index contributed by atoms with van der Waals surface area (Å²) in [6.07, 6.45) is 2.50. The molecule has 6 heteroatoms. The first-order chi connectivity index (χ1) is 11.6. The van der Waals surface area contributed by atoms with Gasteiger partial charge in [0.1, 0.15) is 0 Å². The summed E-state index contributed by atoms with van der Waals surface area (Å²) in [5.74, 6) is -0.465. The molecule has 1 fully saturated rings. The number of likely N-dealkylation sites (tertiary alicyclic amines) is 1. The largest absolute Gasteiger partial charge is 0.369 e. The van der Waals surface area contributed by atoms with Crippen LogP contribution >= 0.6 is 0 Å². The van der Waals surface area contributed by atoms with Crippen molar-refractivity contribution >= 4 is 11.8 Å². The van der Waals surface area contributed by atoms with Crippen molar-refractivity contribution in [3.05, 3.63) is 35.9 Å². The lowest BCUT2D eigenvalue weighted by atomic mass is 9.97. The van der Waals surface area contributed by atoms with Gasteiger partial charge in [-0.1, -0.05) is 30.3 Å². The lowest BCUT2D eigenvalue weighted by Crippen LogP contribution is -2.48. The van der Waals surface area contributed by atoms with Crippen molar-refractivity contribution in [2.24, 2.45) is 17.4 Å². The minimum Gasteiger partial charge on any atom is -0.369 e. The number of piperidine rings is 1. The zero-order valence-electron chi connectivity index (χ0n) is 14.2. The smallest absolute Gasteiger partial charge is 0.236 e. The van der Waals surface area contributed by atoms with Crippen LogP contribution in [0.15, 0.2) is 30.3 Å². The Hall–Kier alpha value is -1.92. The highest BCUT2D eigenvalue weighted by molar-refractivity contribution is 5.81. The summed E-state index contributed by atoms with van der Waals surface area (Å²) < 4.78 is 0. The third-order valence-corrected chi connectivity index (χ3v) is 4.54. The number of amides is 2. The molecule has 0 saturated carbocycles. The number of hydrogen-bond donors (Lipinski definition) is 2. The van der Waals surface area contributed by atoms with Gasteiger partial charge < -0.3 is 16.4 Å². The highest BCUT2D eigenvalue weighted by atomic mass is 16.2. The first-order valence-corrected chi connectivity index (χ1v) is 8.63. The van der Waals surface area contributed by atoms with Crippen molar-refractivity contribution in [1.29, 1.82) is 0 Å². The molecule has 0 aliphatic carbocycles. The second-order valence-corrected chi connectivity index (χ2v) is 6.38. The van der Waals surface area contributed by atoms with Crippen LogP contribution in [0.3, 0.4) is 0 Å². The topological polar surface area (TPSA) is 92.7 Å². The van der Waals surface area contributed by atoms with Crippen LogP contribution in [0.1, 0.15) is 18.4 Å². The van der Waals surface area contributed by atoms with Crippen molar-refractivity contribution in [2.45, 2.75) is 19.3 Å². The van der Waals surface area contributed by atoms with E-state index in [9.17, 15) is 9.59 Å². The Morgan fingerprint density at radius 1 is 1.21 bits per heavy atom. The van der Waals surface area contributed by atoms with Crippen LogP contribution < -0.4 is 11.5 Å². The molecule has 1 unspecified atom stereocenters. The van der Waals surface area contributed by atoms with E-state index in [1.54, 1.807) is 4.90 Å². The van der Waals surface area contributed by atoms with Gasteiger partial charge in [-0.15, -0.1) is 0 Å². The van der Waals surface area contributed by atoms with Gasteiger partial charge in [0.05, 0.1) is 12.5 Å². The molecule has 1 aromatic rings. The maximum atomic E-state index is 12.6. The van der Waals surface area contributed by atoms with Crippen molar-refractivity contribution in [3.8, 4) is 0 Å². The lowest BCUT2D eigenvalue weighted by Gasteiger charge is -2.33. The quantitative estimate of drug-likeness (QED) is 0.712. The standard InChI is InChI=1S/C18H28N4O2/c19-9-12-21(11-8-15-5-2-1-3-6-15)14-17(23)22-10-4-7-16(13-22)18(20)24/h1-3,5-6,16H,4,7-14,19H2,(H2,20,24). The van der Waals surface area contributed by atoms with Gasteiger partial charge in [-0.2, -0.15) is 0 Å². The minimum atomic E-state index is -0.310. The van der Waals surface area contributed by atoms with Crippen molar-refractivity contribution in [2.75, 3.05) is 39.3 Å². The molecular weight excluding hydrogens is 304 g/mol. The maximum Gasteiger partial charge on any atom is 0.236 e. The fraction of sp³-hybridized carbons (Fsp3) is 0.556. The average Bonchev–Trinajstić information content (AvgIpc) is 2.61. The van der Waals surface area contributed by atoms with Crippen molar-refractivity contribution in [1.82, 2.24) is 9.80 Å². The normalized spacial score (nSPS) is 17.9. The Kier molecular flexibility index (Phi) is 7.21. The van der Waals surface area contributed by atoms with E-state index in [1.807, 2.05) is 18.2 Å². The molecule has 24 heavy (non-hydrogen) atoms. The van der Waals surface area contributed by atoms with Crippen molar-refractivity contribution in [3.63, 3.8) is 0 Å². The van der Waals surface area contributed by atoms with E-state index in [0.29, 0.717) is 32.7 Å². The minimum absolute atomic E-state index is 0.0578. The van der Waals surface area contributed by atoms with Crippen LogP contribution in [0.5, 0.6) is 0 Å². The Bertz CT molecular complexity index is 535. The second-order valence-electron chi connectivity index (χ2n) is 6.38. The molecule has 0 radical (unpaired) electrons. The van der Waals surface area contributed by atoms with Crippen LogP contribution in [0.25, 0.3) is 0 Å². The highest BCUT2D eigenvalue weighted by Gasteiger charge is 2.27. The van der Waals surface area contributed by atoms with Gasteiger partial charge in [-0.3, -0.25) is 14.5 Å². The summed E-state index contributed by atoms with van der Waals surface area (Å²) >= 11 is 0. The molecule has 1 aliphatic rings. The Balaban J connectivity index is 1.86. The summed E-state index contributed by atoms with van der Waals surface area (Å²) in [4.78, 5) is 27.8. The molecule has 1 saturated heterocycles. The van der Waals surface area contributed by atoms with Crippen molar-refractivity contribution < 1.29 is 9.59 Å². The first kappa shape index (κ1) is 18.4. The van der Waals surface area contributed by atoms with E-state index in [-0.39, 0.29) is 17.7 Å². The molecule has 1 atom stereocenters. The van der Waals surface area contributed by atoms with E-state index in [0.717, 1.165) is 25.8 Å². The van der Waals surface area contributed by atoms with Gasteiger partial charge in [0.2, 0.25) is 11.8 Å². The zero-order valence-corrected chi connectivity index (χ0v) is 14.2. The van der Waals surface area contributed by atoms with Crippen LogP contribution in [0, 0.1) is 5.92 Å². The number of carbonyl (C=O) groups is 2. The van der Waals surface area contributed by atoms with Crippen LogP contribution in [-0.4, -0.2) is 60.9 Å². The van der Waals surface area contributed by atoms with E-state index in [1.165, 1.54) is 5.56 Å². The summed E-state index contributed by atoms with van der Waals surface area (Å²) in [5, 5.41) is 0. The summed E-state index contributed by atoms with van der Waals surface area (Å²) in [5.41, 5.74) is 12.3. The lowest BCUT2D eigenvalue weighted by molar-refractivity contribution is -0.136. The predicted octanol–water partition coefficient (Wildman–Crippen LogP) is 0.214. The maximum absolute atomic E-state index is 12.6. The molecule has 132 valence electrons. The molecule has 2 amide bonds. The molecule has 1 aromatic carbocycles. The molecule has 6 nitrogen and oxygen atoms in total. The van der Waals surface area contributed by atoms with E-state index >= 15 is 0 Å². The summed E-state index contributed by atoms with van der Waals surface area (Å²) in [6.45, 7) is 3.49. The Morgan fingerprint density at radius 2 is 1.96 bits per heavy atom. The number of nitrogens with zero attached hydrogens (tertiary/aromatic N) is 2. The van der Waals surface area contributed by atoms with Gasteiger partial charge in [0.25, 0.3) is 0 Å². The second kappa shape index (κ2) is 9.39. The van der Waals surface area contributed by atoms with Gasteiger partial charge in [0.15, 0.2) is 0 Å². The number of hydrogen-bond acceptors (Lipinski definition) is 4. The Morgan fingerprint density at radius 3 is 2.62 bits per heavy atom. The van der Waals surface area contributed by atoms with Gasteiger partial charge in [-0.25, -0.2) is 0 Å². The Labute approximate surface area is 143 Å². The SMILES string of the molecule is NCCN(CCc1ccccc1)CC(=O)N1CCCC(C(N)=O)C1. The molecule has 0 bridgehead atoms. The number of nitrogens with two attached hydrogens (primary N) is 2. The monoisotopic (exact) mass is 332 g/mol. The highest BCUT2D eigenvalue weighted by Crippen LogP contribution is 2.16. The van der Waals surface area contributed by atoms with E-state index in [4.69, 9.17) is 11.5 Å². The molecule has 1 heterocycles. The fourth-order valence-electron chi connectivity index (χ4n) is 3.11. The molecule has 0 spiro atoms. The molecule has 4 N–H and O–H groups in total. The molecule has 1 aliphatic heterocycles. The first-order valence-electron chi connectivity index (χ1n) is 8.63. The number of primary amides is 1. The van der Waals surface area contributed by atoms with Gasteiger partial charge >= 0.3 is 0 Å². The summed E-state index contributed by atoms with van der Waals surface area (Å²) in [6, 6.07) is 10.2. The average molecular weight is 332 g/mol. The van der Waals surface area contributed by atoms with Crippen LogP contribution in [-0.2, 0) is 16.0 Å². The predicted molar refractivity (Wildman–Crippen MR) is 94.1 cm³/mol. The van der Waals surface area contributed by atoms with Gasteiger partial charge in [-0.05, 0) is 24.8 Å². The molecule has 2 rings (SSSR count). The molecule has 0 aromatic heterocycles. The number of rotatable bonds is 8. The number of carbonyl (C=O) groups excluding carboxylic acids is 2. The summed E-state index contributed by atoms with van der Waals surface area (Å²) in [7, 11) is 0. The molecular formula is C18H28N4O2. The van der Waals surface area contributed by atoms with E-state index < -0.39 is 0 Å². The van der Waals surface area contributed by atoms with E-state index in [2.05, 4.69) is 17.0 Å². The van der Waals surface area contributed by atoms with Crippen LogP contribution in [0.2, 0.25) is 0 Å². The third-order valence-electron chi connectivity index (χ3n) is 4.54. The fourth-order valence-corrected chi connectivity index (χ4v) is 3.11.